The number of nitrogens with one attached hydrogen (secondary N) is 2. The predicted octanol–water partition coefficient (Wildman–Crippen LogP) is 3.55. The Kier molecular flexibility index (Phi) is 6.30. The van der Waals surface area contributed by atoms with Crippen LogP contribution < -0.4 is 15.4 Å². The van der Waals surface area contributed by atoms with Crippen molar-refractivity contribution in [2.45, 2.75) is 20.4 Å². The molecule has 0 saturated carbocycles. The van der Waals surface area contributed by atoms with Gasteiger partial charge >= 0.3 is 0 Å². The highest BCUT2D eigenvalue weighted by molar-refractivity contribution is 5.79. The van der Waals surface area contributed by atoms with Crippen LogP contribution >= 0.6 is 0 Å². The molecule has 2 aromatic rings. The van der Waals surface area contributed by atoms with Gasteiger partial charge in [-0.25, -0.2) is 4.99 Å². The van der Waals surface area contributed by atoms with Crippen molar-refractivity contribution in [3.8, 4) is 11.5 Å². The monoisotopic (exact) mass is 297 g/mol. The first-order valence-corrected chi connectivity index (χ1v) is 7.66. The van der Waals surface area contributed by atoms with Crippen molar-refractivity contribution >= 4 is 5.96 Å². The summed E-state index contributed by atoms with van der Waals surface area (Å²) in [6.45, 7) is 6.36. The molecule has 0 bridgehead atoms. The maximum absolute atomic E-state index is 5.95. The molecule has 0 amide bonds. The molecule has 0 aliphatic carbocycles. The van der Waals surface area contributed by atoms with Gasteiger partial charge in [-0.2, -0.15) is 0 Å². The van der Waals surface area contributed by atoms with Gasteiger partial charge in [0.1, 0.15) is 11.5 Å². The van der Waals surface area contributed by atoms with Crippen molar-refractivity contribution < 1.29 is 4.74 Å². The first-order valence-electron chi connectivity index (χ1n) is 7.66. The molecule has 2 N–H and O–H groups in total. The van der Waals surface area contributed by atoms with Gasteiger partial charge in [-0.1, -0.05) is 36.4 Å². The van der Waals surface area contributed by atoms with Crippen LogP contribution in [0, 0.1) is 0 Å². The molecular weight excluding hydrogens is 274 g/mol. The van der Waals surface area contributed by atoms with Gasteiger partial charge in [0, 0.05) is 18.7 Å². The van der Waals surface area contributed by atoms with Crippen LogP contribution in [0.15, 0.2) is 59.6 Å². The van der Waals surface area contributed by atoms with E-state index in [1.54, 1.807) is 0 Å². The molecule has 0 unspecified atom stereocenters. The zero-order valence-electron chi connectivity index (χ0n) is 13.2. The van der Waals surface area contributed by atoms with Gasteiger partial charge in [0.25, 0.3) is 0 Å². The number of benzene rings is 2. The number of hydrogen-bond donors (Lipinski definition) is 2. The van der Waals surface area contributed by atoms with Crippen molar-refractivity contribution in [1.82, 2.24) is 10.6 Å². The quantitative estimate of drug-likeness (QED) is 0.633. The van der Waals surface area contributed by atoms with Gasteiger partial charge in [-0.05, 0) is 32.0 Å². The third-order valence-electron chi connectivity index (χ3n) is 3.04. The van der Waals surface area contributed by atoms with Crippen molar-refractivity contribution in [3.05, 3.63) is 60.2 Å². The largest absolute Gasteiger partial charge is 0.457 e. The minimum absolute atomic E-state index is 0.568. The topological polar surface area (TPSA) is 45.7 Å². The third kappa shape index (κ3) is 4.81. The molecule has 0 aliphatic rings. The van der Waals surface area contributed by atoms with Crippen molar-refractivity contribution in [2.24, 2.45) is 4.99 Å². The Balaban J connectivity index is 2.12. The Morgan fingerprint density at radius 2 is 1.55 bits per heavy atom. The summed E-state index contributed by atoms with van der Waals surface area (Å²) in [5.41, 5.74) is 1.06. The first kappa shape index (κ1) is 15.9. The molecule has 0 atom stereocenters. The second kappa shape index (κ2) is 8.72. The Hall–Kier alpha value is -2.49. The van der Waals surface area contributed by atoms with Gasteiger partial charge in [-0.15, -0.1) is 0 Å². The molecule has 2 aromatic carbocycles. The van der Waals surface area contributed by atoms with Crippen molar-refractivity contribution in [2.75, 3.05) is 13.1 Å². The molecule has 0 fully saturated rings. The predicted molar refractivity (Wildman–Crippen MR) is 91.5 cm³/mol. The Morgan fingerprint density at radius 3 is 2.23 bits per heavy atom. The van der Waals surface area contributed by atoms with Crippen LogP contribution in [0.25, 0.3) is 0 Å². The summed E-state index contributed by atoms with van der Waals surface area (Å²) in [6.07, 6.45) is 0. The molecule has 0 spiro atoms. The standard InChI is InChI=1S/C18H23N3O/c1-3-19-18(20-4-2)21-14-15-10-8-9-13-17(15)22-16-11-6-5-7-12-16/h5-13H,3-4,14H2,1-2H3,(H2,19,20,21). The van der Waals surface area contributed by atoms with Gasteiger partial charge in [0.15, 0.2) is 5.96 Å². The maximum atomic E-state index is 5.95. The third-order valence-corrected chi connectivity index (χ3v) is 3.04. The van der Waals surface area contributed by atoms with E-state index < -0.39 is 0 Å². The van der Waals surface area contributed by atoms with Crippen LogP contribution in [0.5, 0.6) is 11.5 Å². The minimum Gasteiger partial charge on any atom is -0.457 e. The van der Waals surface area contributed by atoms with Crippen LogP contribution in [0.2, 0.25) is 0 Å². The zero-order valence-corrected chi connectivity index (χ0v) is 13.2. The molecule has 2 rings (SSSR count). The molecule has 116 valence electrons. The molecule has 0 radical (unpaired) electrons. The SMILES string of the molecule is CCNC(=NCc1ccccc1Oc1ccccc1)NCC. The summed E-state index contributed by atoms with van der Waals surface area (Å²) in [5.74, 6) is 2.49. The minimum atomic E-state index is 0.568. The van der Waals surface area contributed by atoms with Crippen LogP contribution in [0.4, 0.5) is 0 Å². The average molecular weight is 297 g/mol. The molecule has 0 heterocycles. The van der Waals surface area contributed by atoms with E-state index in [1.165, 1.54) is 0 Å². The molecule has 4 heteroatoms. The Labute approximate surface area is 132 Å². The Bertz CT molecular complexity index is 588. The number of nitrogens with zero attached hydrogens (tertiary/aromatic N) is 1. The summed E-state index contributed by atoms with van der Waals surface area (Å²) in [5, 5.41) is 6.44. The van der Waals surface area contributed by atoms with E-state index in [0.29, 0.717) is 6.54 Å². The van der Waals surface area contributed by atoms with E-state index >= 15 is 0 Å². The van der Waals surface area contributed by atoms with Gasteiger partial charge in [0.2, 0.25) is 0 Å². The average Bonchev–Trinajstić information content (AvgIpc) is 2.55. The fraction of sp³-hybridized carbons (Fsp3) is 0.278. The van der Waals surface area contributed by atoms with Crippen LogP contribution in [-0.4, -0.2) is 19.0 Å². The smallest absolute Gasteiger partial charge is 0.191 e. The van der Waals surface area contributed by atoms with Crippen molar-refractivity contribution in [1.29, 1.82) is 0 Å². The van der Waals surface area contributed by atoms with E-state index in [0.717, 1.165) is 36.1 Å². The normalized spacial score (nSPS) is 9.91. The molecule has 0 aliphatic heterocycles. The lowest BCUT2D eigenvalue weighted by Gasteiger charge is -2.12. The molecular formula is C18H23N3O. The van der Waals surface area contributed by atoms with E-state index in [4.69, 9.17) is 4.74 Å². The number of rotatable bonds is 6. The second-order valence-electron chi connectivity index (χ2n) is 4.75. The Morgan fingerprint density at radius 1 is 0.909 bits per heavy atom. The second-order valence-corrected chi connectivity index (χ2v) is 4.75. The lowest BCUT2D eigenvalue weighted by molar-refractivity contribution is 0.476. The number of hydrogen-bond acceptors (Lipinski definition) is 2. The van der Waals surface area contributed by atoms with E-state index in [9.17, 15) is 0 Å². The highest BCUT2D eigenvalue weighted by Gasteiger charge is 2.04. The summed E-state index contributed by atoms with van der Waals surface area (Å²) in [7, 11) is 0. The summed E-state index contributed by atoms with van der Waals surface area (Å²) in [4.78, 5) is 4.59. The summed E-state index contributed by atoms with van der Waals surface area (Å²) in [6, 6.07) is 17.8. The van der Waals surface area contributed by atoms with Crippen LogP contribution in [-0.2, 0) is 6.54 Å². The number of guanidine groups is 1. The highest BCUT2D eigenvalue weighted by atomic mass is 16.5. The highest BCUT2D eigenvalue weighted by Crippen LogP contribution is 2.25. The summed E-state index contributed by atoms with van der Waals surface area (Å²) >= 11 is 0. The van der Waals surface area contributed by atoms with Gasteiger partial charge in [-0.3, -0.25) is 0 Å². The van der Waals surface area contributed by atoms with Gasteiger partial charge in [0.05, 0.1) is 6.54 Å². The molecule has 0 aromatic heterocycles. The number of para-hydroxylation sites is 2. The number of aliphatic imine (C=N–C) groups is 1. The van der Waals surface area contributed by atoms with Crippen LogP contribution in [0.3, 0.4) is 0 Å². The van der Waals surface area contributed by atoms with Gasteiger partial charge < -0.3 is 15.4 Å². The lowest BCUT2D eigenvalue weighted by atomic mass is 10.2. The fourth-order valence-electron chi connectivity index (χ4n) is 2.02. The number of ether oxygens (including phenoxy) is 1. The fourth-order valence-corrected chi connectivity index (χ4v) is 2.02. The molecule has 22 heavy (non-hydrogen) atoms. The van der Waals surface area contributed by atoms with E-state index in [2.05, 4.69) is 29.5 Å². The first-order chi connectivity index (χ1) is 10.8. The van der Waals surface area contributed by atoms with E-state index in [1.807, 2.05) is 54.6 Å². The molecule has 4 nitrogen and oxygen atoms in total. The zero-order chi connectivity index (χ0) is 15.6. The lowest BCUT2D eigenvalue weighted by Crippen LogP contribution is -2.36. The summed E-state index contributed by atoms with van der Waals surface area (Å²) < 4.78 is 5.95. The van der Waals surface area contributed by atoms with Crippen LogP contribution in [0.1, 0.15) is 19.4 Å². The maximum Gasteiger partial charge on any atom is 0.191 e. The van der Waals surface area contributed by atoms with E-state index in [-0.39, 0.29) is 0 Å². The van der Waals surface area contributed by atoms with Crippen molar-refractivity contribution in [3.63, 3.8) is 0 Å². The molecule has 0 saturated heterocycles.